The van der Waals surface area contributed by atoms with Gasteiger partial charge in [-0.3, -0.25) is 0 Å². The van der Waals surface area contributed by atoms with Crippen LogP contribution in [0.5, 0.6) is 0 Å². The summed E-state index contributed by atoms with van der Waals surface area (Å²) < 4.78 is 6.45. The summed E-state index contributed by atoms with van der Waals surface area (Å²) in [5.41, 5.74) is 9.83. The van der Waals surface area contributed by atoms with Crippen molar-refractivity contribution in [2.75, 3.05) is 4.90 Å². The summed E-state index contributed by atoms with van der Waals surface area (Å²) in [4.78, 5) is 2.35. The summed E-state index contributed by atoms with van der Waals surface area (Å²) in [6, 6.07) is 57.9. The van der Waals surface area contributed by atoms with Crippen LogP contribution in [-0.2, 0) is 0 Å². The number of benzene rings is 7. The number of furan rings is 1. The summed E-state index contributed by atoms with van der Waals surface area (Å²) in [6.45, 7) is 0. The second-order valence-corrected chi connectivity index (χ2v) is 10.6. The minimum atomic E-state index is 0.880. The molecule has 0 N–H and O–H groups in total. The van der Waals surface area contributed by atoms with Crippen LogP contribution in [0, 0.1) is 0 Å². The van der Waals surface area contributed by atoms with Gasteiger partial charge in [0.25, 0.3) is 0 Å². The topological polar surface area (TPSA) is 16.4 Å². The highest BCUT2D eigenvalue weighted by Crippen LogP contribution is 2.45. The van der Waals surface area contributed by atoms with Crippen LogP contribution in [0.4, 0.5) is 17.1 Å². The Balaban J connectivity index is 1.35. The number of fused-ring (bicyclic) bond motifs is 5. The first-order valence-electron chi connectivity index (χ1n) is 14.3. The normalized spacial score (nSPS) is 11.3. The number of hydrogen-bond donors (Lipinski definition) is 0. The van der Waals surface area contributed by atoms with Crippen molar-refractivity contribution < 1.29 is 4.42 Å². The fourth-order valence-electron chi connectivity index (χ4n) is 6.05. The molecule has 42 heavy (non-hydrogen) atoms. The molecule has 2 nitrogen and oxygen atoms in total. The van der Waals surface area contributed by atoms with Gasteiger partial charge in [0.2, 0.25) is 0 Å². The van der Waals surface area contributed by atoms with E-state index >= 15 is 0 Å². The number of nitrogens with zero attached hydrogens (tertiary/aromatic N) is 1. The van der Waals surface area contributed by atoms with Gasteiger partial charge in [-0.2, -0.15) is 0 Å². The third-order valence-corrected chi connectivity index (χ3v) is 8.07. The fourth-order valence-corrected chi connectivity index (χ4v) is 6.05. The van der Waals surface area contributed by atoms with E-state index in [-0.39, 0.29) is 0 Å². The smallest absolute Gasteiger partial charge is 0.137 e. The SMILES string of the molecule is c1ccc(-c2ccc(N(c3ccc(-c4ccccc4)cc3)c3cccc4oc5ccc6ccccc6c5c34)cc2)cc1. The number of rotatable bonds is 5. The highest BCUT2D eigenvalue weighted by molar-refractivity contribution is 6.23. The van der Waals surface area contributed by atoms with Crippen molar-refractivity contribution in [3.05, 3.63) is 164 Å². The maximum Gasteiger partial charge on any atom is 0.137 e. The lowest BCUT2D eigenvalue weighted by Gasteiger charge is -2.27. The maximum atomic E-state index is 6.45. The molecule has 8 rings (SSSR count). The lowest BCUT2D eigenvalue weighted by atomic mass is 10.0. The van der Waals surface area contributed by atoms with Gasteiger partial charge in [0, 0.05) is 16.8 Å². The second kappa shape index (κ2) is 10.1. The van der Waals surface area contributed by atoms with Crippen molar-refractivity contribution in [1.82, 2.24) is 0 Å². The lowest BCUT2D eigenvalue weighted by Crippen LogP contribution is -2.10. The zero-order valence-corrected chi connectivity index (χ0v) is 22.9. The van der Waals surface area contributed by atoms with E-state index in [9.17, 15) is 0 Å². The molecule has 0 unspecified atom stereocenters. The Bertz CT molecular complexity index is 2080. The highest BCUT2D eigenvalue weighted by atomic mass is 16.3. The van der Waals surface area contributed by atoms with Gasteiger partial charge in [-0.15, -0.1) is 0 Å². The van der Waals surface area contributed by atoms with Gasteiger partial charge in [0.1, 0.15) is 11.2 Å². The van der Waals surface area contributed by atoms with Crippen molar-refractivity contribution in [2.45, 2.75) is 0 Å². The van der Waals surface area contributed by atoms with Crippen LogP contribution >= 0.6 is 0 Å². The molecule has 0 atom stereocenters. The second-order valence-electron chi connectivity index (χ2n) is 10.6. The van der Waals surface area contributed by atoms with Gasteiger partial charge >= 0.3 is 0 Å². The predicted molar refractivity (Wildman–Crippen MR) is 177 cm³/mol. The molecular weight excluding hydrogens is 510 g/mol. The van der Waals surface area contributed by atoms with Gasteiger partial charge in [0.05, 0.1) is 11.1 Å². The summed E-state index contributed by atoms with van der Waals surface area (Å²) in [5.74, 6) is 0. The summed E-state index contributed by atoms with van der Waals surface area (Å²) in [6.07, 6.45) is 0. The Labute approximate surface area is 244 Å². The Morgan fingerprint density at radius 2 is 0.881 bits per heavy atom. The third-order valence-electron chi connectivity index (χ3n) is 8.07. The minimum Gasteiger partial charge on any atom is -0.456 e. The average Bonchev–Trinajstić information content (AvgIpc) is 3.47. The summed E-state index contributed by atoms with van der Waals surface area (Å²) in [7, 11) is 0. The molecule has 0 saturated carbocycles. The zero-order valence-electron chi connectivity index (χ0n) is 22.9. The Morgan fingerprint density at radius 1 is 0.357 bits per heavy atom. The minimum absolute atomic E-state index is 0.880. The van der Waals surface area contributed by atoms with Crippen molar-refractivity contribution in [1.29, 1.82) is 0 Å². The molecule has 2 heteroatoms. The van der Waals surface area contributed by atoms with Gasteiger partial charge < -0.3 is 9.32 Å². The molecule has 1 heterocycles. The Hall–Kier alpha value is -5.60. The quantitative estimate of drug-likeness (QED) is 0.217. The summed E-state index contributed by atoms with van der Waals surface area (Å²) in [5, 5.41) is 4.66. The van der Waals surface area contributed by atoms with Gasteiger partial charge in [-0.25, -0.2) is 0 Å². The maximum absolute atomic E-state index is 6.45. The summed E-state index contributed by atoms with van der Waals surface area (Å²) >= 11 is 0. The first kappa shape index (κ1) is 24.2. The Kier molecular flexibility index (Phi) is 5.82. The van der Waals surface area contributed by atoms with Crippen LogP contribution in [-0.4, -0.2) is 0 Å². The first-order chi connectivity index (χ1) is 20.8. The standard InChI is InChI=1S/C40H27NO/c1-3-10-28(11-4-1)30-18-23-33(24-19-30)41(34-25-20-31(21-26-34)29-12-5-2-6-13-29)36-16-9-17-37-40(36)39-35-15-8-7-14-32(35)22-27-38(39)42-37/h1-27H. The largest absolute Gasteiger partial charge is 0.456 e. The van der Waals surface area contributed by atoms with Crippen molar-refractivity contribution in [3.63, 3.8) is 0 Å². The molecule has 0 radical (unpaired) electrons. The fraction of sp³-hybridized carbons (Fsp3) is 0. The van der Waals surface area contributed by atoms with Gasteiger partial charge in [-0.1, -0.05) is 121 Å². The van der Waals surface area contributed by atoms with E-state index in [1.54, 1.807) is 0 Å². The predicted octanol–water partition coefficient (Wildman–Crippen LogP) is 11.5. The highest BCUT2D eigenvalue weighted by Gasteiger charge is 2.20. The monoisotopic (exact) mass is 537 g/mol. The lowest BCUT2D eigenvalue weighted by molar-refractivity contribution is 0.669. The number of hydrogen-bond acceptors (Lipinski definition) is 2. The van der Waals surface area contributed by atoms with Gasteiger partial charge in [-0.05, 0) is 75.5 Å². The van der Waals surface area contributed by atoms with E-state index in [0.717, 1.165) is 39.0 Å². The molecule has 0 aliphatic carbocycles. The van der Waals surface area contributed by atoms with Gasteiger partial charge in [0.15, 0.2) is 0 Å². The molecule has 0 saturated heterocycles. The molecule has 7 aromatic carbocycles. The molecule has 0 amide bonds. The number of anilines is 3. The van der Waals surface area contributed by atoms with Crippen LogP contribution in [0.25, 0.3) is 55.0 Å². The van der Waals surface area contributed by atoms with E-state index in [2.05, 4.69) is 169 Å². The molecule has 198 valence electrons. The van der Waals surface area contributed by atoms with E-state index in [1.165, 1.54) is 33.0 Å². The van der Waals surface area contributed by atoms with E-state index in [0.29, 0.717) is 0 Å². The van der Waals surface area contributed by atoms with Crippen LogP contribution in [0.1, 0.15) is 0 Å². The molecule has 1 aromatic heterocycles. The van der Waals surface area contributed by atoms with Crippen molar-refractivity contribution in [3.8, 4) is 22.3 Å². The average molecular weight is 538 g/mol. The molecular formula is C40H27NO. The molecule has 0 spiro atoms. The van der Waals surface area contributed by atoms with Crippen LogP contribution in [0.15, 0.2) is 168 Å². The van der Waals surface area contributed by atoms with E-state index < -0.39 is 0 Å². The molecule has 8 aromatic rings. The molecule has 0 aliphatic rings. The Morgan fingerprint density at radius 3 is 1.50 bits per heavy atom. The first-order valence-corrected chi connectivity index (χ1v) is 14.3. The van der Waals surface area contributed by atoms with Crippen LogP contribution in [0.2, 0.25) is 0 Å². The third kappa shape index (κ3) is 4.13. The van der Waals surface area contributed by atoms with E-state index in [1.807, 2.05) is 0 Å². The van der Waals surface area contributed by atoms with Crippen LogP contribution < -0.4 is 4.90 Å². The molecule has 0 fully saturated rings. The van der Waals surface area contributed by atoms with Crippen molar-refractivity contribution >= 4 is 49.8 Å². The van der Waals surface area contributed by atoms with E-state index in [4.69, 9.17) is 4.42 Å². The van der Waals surface area contributed by atoms with Crippen LogP contribution in [0.3, 0.4) is 0 Å². The molecule has 0 bridgehead atoms. The zero-order chi connectivity index (χ0) is 27.9. The van der Waals surface area contributed by atoms with Crippen molar-refractivity contribution in [2.24, 2.45) is 0 Å². The molecule has 0 aliphatic heterocycles.